The van der Waals surface area contributed by atoms with Gasteiger partial charge in [0.25, 0.3) is 0 Å². The molecule has 0 saturated carbocycles. The average molecular weight is 305 g/mol. The van der Waals surface area contributed by atoms with E-state index in [0.29, 0.717) is 0 Å². The van der Waals surface area contributed by atoms with Crippen molar-refractivity contribution >= 4 is 43.7 Å². The number of rotatable bonds is 1. The molecule has 0 atom stereocenters. The Labute approximate surface area is 130 Å². The average Bonchev–Trinajstić information content (AvgIpc) is 2.94. The number of nitriles is 1. The van der Waals surface area contributed by atoms with Crippen molar-refractivity contribution in [2.75, 3.05) is 5.75 Å². The Morgan fingerprint density at radius 3 is 2.52 bits per heavy atom. The van der Waals surface area contributed by atoms with Gasteiger partial charge in [0.1, 0.15) is 0 Å². The van der Waals surface area contributed by atoms with Crippen LogP contribution >= 0.6 is 23.1 Å². The fourth-order valence-corrected chi connectivity index (χ4v) is 5.18. The van der Waals surface area contributed by atoms with Gasteiger partial charge in [-0.05, 0) is 11.6 Å². The van der Waals surface area contributed by atoms with Gasteiger partial charge in [-0.25, -0.2) is 0 Å². The summed E-state index contributed by atoms with van der Waals surface area (Å²) in [5.74, 6) is 0.764. The van der Waals surface area contributed by atoms with E-state index in [1.165, 1.54) is 25.8 Å². The molecule has 100 valence electrons. The summed E-state index contributed by atoms with van der Waals surface area (Å²) in [7, 11) is 0. The Bertz CT molecular complexity index is 991. The lowest BCUT2D eigenvalue weighted by molar-refractivity contribution is 1.51. The molecule has 3 aromatic rings. The van der Waals surface area contributed by atoms with Gasteiger partial charge < -0.3 is 0 Å². The number of hydrogen-bond donors (Lipinski definition) is 0. The molecule has 1 aliphatic heterocycles. The number of nitrogens with zero attached hydrogens (tertiary/aromatic N) is 1. The summed E-state index contributed by atoms with van der Waals surface area (Å²) in [5, 5.41) is 11.9. The zero-order valence-corrected chi connectivity index (χ0v) is 12.8. The van der Waals surface area contributed by atoms with Gasteiger partial charge in [0.05, 0.1) is 16.2 Å². The quantitative estimate of drug-likeness (QED) is 0.687. The van der Waals surface area contributed by atoms with Crippen LogP contribution in [0.3, 0.4) is 0 Å². The molecule has 2 aromatic carbocycles. The summed E-state index contributed by atoms with van der Waals surface area (Å²) < 4.78 is 2.41. The van der Waals surface area contributed by atoms with Crippen LogP contribution in [-0.2, 0) is 0 Å². The molecular weight excluding hydrogens is 294 g/mol. The van der Waals surface area contributed by atoms with E-state index in [1.54, 1.807) is 23.1 Å². The largest absolute Gasteiger partial charge is 0.193 e. The van der Waals surface area contributed by atoms with Gasteiger partial charge >= 0.3 is 0 Å². The van der Waals surface area contributed by atoms with Crippen molar-refractivity contribution in [3.8, 4) is 6.07 Å². The number of fused-ring (bicyclic) bond motifs is 3. The van der Waals surface area contributed by atoms with Crippen LogP contribution in [0, 0.1) is 11.3 Å². The van der Waals surface area contributed by atoms with Gasteiger partial charge in [0.2, 0.25) is 0 Å². The van der Waals surface area contributed by atoms with E-state index in [9.17, 15) is 5.26 Å². The maximum atomic E-state index is 9.42. The van der Waals surface area contributed by atoms with Crippen LogP contribution in [-0.4, -0.2) is 5.75 Å². The van der Waals surface area contributed by atoms with E-state index in [1.807, 2.05) is 6.07 Å². The summed E-state index contributed by atoms with van der Waals surface area (Å²) in [6.07, 6.45) is 0. The maximum Gasteiger partial charge on any atom is 0.0971 e. The molecule has 0 saturated heterocycles. The van der Waals surface area contributed by atoms with Gasteiger partial charge in [-0.15, -0.1) is 23.1 Å². The number of benzene rings is 2. The van der Waals surface area contributed by atoms with Gasteiger partial charge in [0, 0.05) is 26.0 Å². The van der Waals surface area contributed by atoms with Crippen LogP contribution < -0.4 is 9.75 Å². The highest BCUT2D eigenvalue weighted by Gasteiger charge is 2.17. The smallest absolute Gasteiger partial charge is 0.0971 e. The summed E-state index contributed by atoms with van der Waals surface area (Å²) in [4.78, 5) is 1.29. The molecule has 4 rings (SSSR count). The van der Waals surface area contributed by atoms with Crippen molar-refractivity contribution < 1.29 is 0 Å². The number of thiophene rings is 1. The highest BCUT2D eigenvalue weighted by molar-refractivity contribution is 8.08. The van der Waals surface area contributed by atoms with Gasteiger partial charge in [-0.2, -0.15) is 5.26 Å². The van der Waals surface area contributed by atoms with Crippen molar-refractivity contribution in [3.63, 3.8) is 0 Å². The minimum Gasteiger partial charge on any atom is -0.193 e. The molecule has 0 bridgehead atoms. The minimum atomic E-state index is 0.764. The highest BCUT2D eigenvalue weighted by Crippen LogP contribution is 2.30. The number of hydrogen-bond acceptors (Lipinski definition) is 3. The van der Waals surface area contributed by atoms with E-state index < -0.39 is 0 Å². The van der Waals surface area contributed by atoms with Crippen LogP contribution in [0.2, 0.25) is 0 Å². The second-order valence-electron chi connectivity index (χ2n) is 4.88. The predicted octanol–water partition coefficient (Wildman–Crippen LogP) is 3.48. The third-order valence-electron chi connectivity index (χ3n) is 3.63. The second kappa shape index (κ2) is 5.07. The SMILES string of the molecule is N#CC1=c2sc3ccccc3c2=C(c2ccccc2)SC1. The van der Waals surface area contributed by atoms with E-state index in [2.05, 4.69) is 54.6 Å². The molecule has 1 nitrogen and oxygen atoms in total. The van der Waals surface area contributed by atoms with E-state index in [4.69, 9.17) is 0 Å². The lowest BCUT2D eigenvalue weighted by Gasteiger charge is -2.11. The van der Waals surface area contributed by atoms with Gasteiger partial charge in [0.15, 0.2) is 0 Å². The summed E-state index contributed by atoms with van der Waals surface area (Å²) >= 11 is 3.51. The van der Waals surface area contributed by atoms with Crippen molar-refractivity contribution in [2.45, 2.75) is 0 Å². The minimum absolute atomic E-state index is 0.764. The Hall–Kier alpha value is -2.02. The predicted molar refractivity (Wildman–Crippen MR) is 91.5 cm³/mol. The molecular formula is C18H11NS2. The molecule has 3 heteroatoms. The first-order chi connectivity index (χ1) is 10.4. The Morgan fingerprint density at radius 2 is 1.71 bits per heavy atom. The Kier molecular flexibility index (Phi) is 3.07. The standard InChI is InChI=1S/C18H11NS2/c19-10-13-11-20-17(12-6-2-1-3-7-12)16-14-8-4-5-9-15(14)21-18(13)16/h1-9H,11H2. The first-order valence-corrected chi connectivity index (χ1v) is 8.52. The molecule has 1 aromatic heterocycles. The molecule has 0 fully saturated rings. The normalized spacial score (nSPS) is 14.0. The molecule has 0 unspecified atom stereocenters. The molecule has 0 amide bonds. The van der Waals surface area contributed by atoms with Gasteiger partial charge in [-0.3, -0.25) is 0 Å². The fourth-order valence-electron chi connectivity index (χ4n) is 2.67. The maximum absolute atomic E-state index is 9.42. The van der Waals surface area contributed by atoms with Crippen molar-refractivity contribution in [3.05, 3.63) is 69.9 Å². The third kappa shape index (κ3) is 1.99. The Morgan fingerprint density at radius 1 is 0.952 bits per heavy atom. The molecule has 0 aliphatic carbocycles. The monoisotopic (exact) mass is 305 g/mol. The molecule has 1 aliphatic rings. The third-order valence-corrected chi connectivity index (χ3v) is 6.02. The molecule has 2 heterocycles. The summed E-state index contributed by atoms with van der Waals surface area (Å²) in [6, 6.07) is 21.3. The zero-order chi connectivity index (χ0) is 14.2. The highest BCUT2D eigenvalue weighted by atomic mass is 32.2. The molecule has 0 N–H and O–H groups in total. The van der Waals surface area contributed by atoms with Crippen molar-refractivity contribution in [2.24, 2.45) is 0 Å². The van der Waals surface area contributed by atoms with Gasteiger partial charge in [-0.1, -0.05) is 48.5 Å². The first-order valence-electron chi connectivity index (χ1n) is 6.72. The van der Waals surface area contributed by atoms with Crippen LogP contribution in [0.4, 0.5) is 0 Å². The summed E-state index contributed by atoms with van der Waals surface area (Å²) in [5.41, 5.74) is 2.14. The lowest BCUT2D eigenvalue weighted by Crippen LogP contribution is -2.27. The van der Waals surface area contributed by atoms with Crippen LogP contribution in [0.1, 0.15) is 5.56 Å². The lowest BCUT2D eigenvalue weighted by atomic mass is 10.1. The molecule has 0 spiro atoms. The van der Waals surface area contributed by atoms with Crippen molar-refractivity contribution in [1.29, 1.82) is 5.26 Å². The first kappa shape index (κ1) is 12.7. The van der Waals surface area contributed by atoms with E-state index >= 15 is 0 Å². The van der Waals surface area contributed by atoms with E-state index in [0.717, 1.165) is 15.9 Å². The zero-order valence-electron chi connectivity index (χ0n) is 11.2. The topological polar surface area (TPSA) is 23.8 Å². The van der Waals surface area contributed by atoms with Crippen LogP contribution in [0.15, 0.2) is 54.6 Å². The van der Waals surface area contributed by atoms with Crippen LogP contribution in [0.25, 0.3) is 20.6 Å². The summed E-state index contributed by atoms with van der Waals surface area (Å²) in [6.45, 7) is 0. The van der Waals surface area contributed by atoms with Crippen molar-refractivity contribution in [1.82, 2.24) is 0 Å². The molecule has 21 heavy (non-hydrogen) atoms. The Balaban J connectivity index is 2.25. The van der Waals surface area contributed by atoms with Crippen LogP contribution in [0.5, 0.6) is 0 Å². The second-order valence-corrected chi connectivity index (χ2v) is 6.91. The van der Waals surface area contributed by atoms with E-state index in [-0.39, 0.29) is 0 Å². The number of thioether (sulfide) groups is 1. The molecule has 0 radical (unpaired) electrons. The fraction of sp³-hybridized carbons (Fsp3) is 0.0556.